The van der Waals surface area contributed by atoms with Crippen LogP contribution in [0.3, 0.4) is 0 Å². The fourth-order valence-electron chi connectivity index (χ4n) is 2.39. The molecule has 0 spiro atoms. The lowest BCUT2D eigenvalue weighted by Gasteiger charge is -2.12. The predicted molar refractivity (Wildman–Crippen MR) is 111 cm³/mol. The van der Waals surface area contributed by atoms with Crippen molar-refractivity contribution in [3.8, 4) is 0 Å². The molecule has 10 nitrogen and oxygen atoms in total. The van der Waals surface area contributed by atoms with Crippen LogP contribution < -0.4 is 32.7 Å². The van der Waals surface area contributed by atoms with E-state index in [0.717, 1.165) is 58.0 Å². The monoisotopic (exact) mass is 401 g/mol. The molecule has 0 saturated heterocycles. The summed E-state index contributed by atoms with van der Waals surface area (Å²) in [6, 6.07) is 0.189. The summed E-state index contributed by atoms with van der Waals surface area (Å²) in [7, 11) is 0. The van der Waals surface area contributed by atoms with Gasteiger partial charge in [0.05, 0.1) is 0 Å². The molecule has 10 heteroatoms. The van der Waals surface area contributed by atoms with Gasteiger partial charge < -0.3 is 37.8 Å². The molecule has 0 fully saturated rings. The van der Waals surface area contributed by atoms with Gasteiger partial charge in [-0.3, -0.25) is 15.0 Å². The van der Waals surface area contributed by atoms with Gasteiger partial charge in [0, 0.05) is 25.7 Å². The zero-order valence-corrected chi connectivity index (χ0v) is 17.1. The molecular formula is C18H39N7O3. The summed E-state index contributed by atoms with van der Waals surface area (Å²) in [5, 5.41) is 27.9. The van der Waals surface area contributed by atoms with Crippen molar-refractivity contribution in [3.63, 3.8) is 0 Å². The van der Waals surface area contributed by atoms with Crippen molar-refractivity contribution in [1.82, 2.24) is 21.3 Å². The van der Waals surface area contributed by atoms with Gasteiger partial charge in [-0.05, 0) is 52.1 Å². The van der Waals surface area contributed by atoms with E-state index < -0.39 is 17.9 Å². The quantitative estimate of drug-likeness (QED) is 0.0647. The molecule has 0 aliphatic heterocycles. The van der Waals surface area contributed by atoms with E-state index in [0.29, 0.717) is 19.6 Å². The van der Waals surface area contributed by atoms with Crippen molar-refractivity contribution in [2.24, 2.45) is 11.5 Å². The summed E-state index contributed by atoms with van der Waals surface area (Å²) in [5.74, 6) is -1.38. The molecule has 0 saturated carbocycles. The second-order valence-corrected chi connectivity index (χ2v) is 6.96. The van der Waals surface area contributed by atoms with E-state index in [1.54, 1.807) is 0 Å². The van der Waals surface area contributed by atoms with Crippen molar-refractivity contribution in [3.05, 3.63) is 0 Å². The third-order valence-electron chi connectivity index (χ3n) is 4.07. The second kappa shape index (κ2) is 17.2. The number of carbonyl (C=O) groups excluding carboxylic acids is 2. The molecule has 0 radical (unpaired) electrons. The van der Waals surface area contributed by atoms with Gasteiger partial charge >= 0.3 is 0 Å². The zero-order valence-electron chi connectivity index (χ0n) is 17.1. The number of aliphatic hydroxyl groups is 1. The molecule has 0 bridgehead atoms. The van der Waals surface area contributed by atoms with E-state index in [1.165, 1.54) is 0 Å². The van der Waals surface area contributed by atoms with Gasteiger partial charge in [0.2, 0.25) is 6.10 Å². The normalized spacial score (nSPS) is 12.8. The average molecular weight is 402 g/mol. The van der Waals surface area contributed by atoms with Crippen LogP contribution in [0.25, 0.3) is 0 Å². The smallest absolute Gasteiger partial charge is 0.258 e. The molecule has 28 heavy (non-hydrogen) atoms. The van der Waals surface area contributed by atoms with Crippen LogP contribution in [-0.4, -0.2) is 67.8 Å². The number of amides is 2. The van der Waals surface area contributed by atoms with E-state index in [1.807, 2.05) is 6.92 Å². The summed E-state index contributed by atoms with van der Waals surface area (Å²) in [4.78, 5) is 23.5. The van der Waals surface area contributed by atoms with Crippen LogP contribution in [0, 0.1) is 5.41 Å². The Morgan fingerprint density at radius 3 is 1.82 bits per heavy atom. The molecule has 0 aromatic rings. The van der Waals surface area contributed by atoms with Gasteiger partial charge in [-0.2, -0.15) is 0 Å². The fourth-order valence-corrected chi connectivity index (χ4v) is 2.39. The SMILES string of the molecule is CC(N)CCNCCCCNC(=O)C(O)C(=O)NCCCCCCNC(=N)N. The summed E-state index contributed by atoms with van der Waals surface area (Å²) >= 11 is 0. The molecule has 0 aliphatic carbocycles. The number of unbranched alkanes of at least 4 members (excludes halogenated alkanes) is 4. The number of carbonyl (C=O) groups is 2. The first-order valence-electron chi connectivity index (χ1n) is 10.1. The third kappa shape index (κ3) is 16.3. The molecule has 164 valence electrons. The number of nitrogens with two attached hydrogens (primary N) is 2. The van der Waals surface area contributed by atoms with Crippen molar-refractivity contribution >= 4 is 17.8 Å². The topological polar surface area (TPSA) is 178 Å². The predicted octanol–water partition coefficient (Wildman–Crippen LogP) is -1.27. The lowest BCUT2D eigenvalue weighted by atomic mass is 10.2. The Labute approximate surface area is 168 Å². The molecule has 2 unspecified atom stereocenters. The summed E-state index contributed by atoms with van der Waals surface area (Å²) in [6.45, 7) is 5.18. The molecule has 0 aliphatic rings. The molecule has 2 amide bonds. The highest BCUT2D eigenvalue weighted by atomic mass is 16.3. The minimum Gasteiger partial charge on any atom is -0.375 e. The molecule has 0 heterocycles. The molecule has 10 N–H and O–H groups in total. The summed E-state index contributed by atoms with van der Waals surface area (Å²) in [6.07, 6.45) is 4.40. The second-order valence-electron chi connectivity index (χ2n) is 6.96. The van der Waals surface area contributed by atoms with E-state index in [2.05, 4.69) is 21.3 Å². The maximum atomic E-state index is 11.8. The number of guanidine groups is 1. The first-order valence-corrected chi connectivity index (χ1v) is 10.1. The maximum absolute atomic E-state index is 11.8. The lowest BCUT2D eigenvalue weighted by molar-refractivity contribution is -0.141. The Bertz CT molecular complexity index is 447. The maximum Gasteiger partial charge on any atom is 0.258 e. The first kappa shape index (κ1) is 26.1. The largest absolute Gasteiger partial charge is 0.375 e. The molecule has 0 rings (SSSR count). The highest BCUT2D eigenvalue weighted by Gasteiger charge is 2.22. The molecule has 2 atom stereocenters. The van der Waals surface area contributed by atoms with Crippen molar-refractivity contribution in [1.29, 1.82) is 5.41 Å². The van der Waals surface area contributed by atoms with Crippen molar-refractivity contribution in [2.45, 2.75) is 64.0 Å². The van der Waals surface area contributed by atoms with Crippen LogP contribution >= 0.6 is 0 Å². The minimum atomic E-state index is -1.68. The van der Waals surface area contributed by atoms with Crippen LogP contribution in [0.4, 0.5) is 0 Å². The first-order chi connectivity index (χ1) is 13.3. The summed E-state index contributed by atoms with van der Waals surface area (Å²) in [5.41, 5.74) is 10.8. The minimum absolute atomic E-state index is 0.0339. The van der Waals surface area contributed by atoms with Crippen LogP contribution in [0.1, 0.15) is 51.9 Å². The third-order valence-corrected chi connectivity index (χ3v) is 4.07. The van der Waals surface area contributed by atoms with Gasteiger partial charge in [0.15, 0.2) is 5.96 Å². The number of hydrogen-bond acceptors (Lipinski definition) is 6. The van der Waals surface area contributed by atoms with Gasteiger partial charge in [-0.25, -0.2) is 0 Å². The van der Waals surface area contributed by atoms with Gasteiger partial charge in [-0.15, -0.1) is 0 Å². The Kier molecular flexibility index (Phi) is 16.0. The number of aliphatic hydroxyl groups excluding tert-OH is 1. The van der Waals surface area contributed by atoms with Crippen LogP contribution in [0.15, 0.2) is 0 Å². The van der Waals surface area contributed by atoms with E-state index >= 15 is 0 Å². The Balaban J connectivity index is 3.58. The van der Waals surface area contributed by atoms with E-state index in [-0.39, 0.29) is 12.0 Å². The molecule has 0 aromatic carbocycles. The Hall–Kier alpha value is -1.91. The average Bonchev–Trinajstić information content (AvgIpc) is 2.64. The molecule has 0 aromatic heterocycles. The fraction of sp³-hybridized carbons (Fsp3) is 0.833. The number of nitrogens with one attached hydrogen (secondary N) is 5. The van der Waals surface area contributed by atoms with Crippen molar-refractivity contribution < 1.29 is 14.7 Å². The van der Waals surface area contributed by atoms with Gasteiger partial charge in [-0.1, -0.05) is 12.8 Å². The van der Waals surface area contributed by atoms with Crippen LogP contribution in [0.2, 0.25) is 0 Å². The van der Waals surface area contributed by atoms with E-state index in [9.17, 15) is 14.7 Å². The number of rotatable bonds is 17. The Morgan fingerprint density at radius 2 is 1.32 bits per heavy atom. The molecular weight excluding hydrogens is 362 g/mol. The highest BCUT2D eigenvalue weighted by molar-refractivity contribution is 6.02. The van der Waals surface area contributed by atoms with Gasteiger partial charge in [0.25, 0.3) is 11.8 Å². The zero-order chi connectivity index (χ0) is 21.2. The van der Waals surface area contributed by atoms with Crippen molar-refractivity contribution in [2.75, 3.05) is 32.7 Å². The number of hydrogen-bond donors (Lipinski definition) is 8. The standard InChI is InChI=1S/C18H39N7O3/c1-14(19)8-13-22-9-6-7-11-24-17(28)15(26)16(27)23-10-4-2-3-5-12-25-18(20)21/h14-15,22,26H,2-13,19H2,1H3,(H,23,27)(H,24,28)(H4,20,21,25). The van der Waals surface area contributed by atoms with Gasteiger partial charge in [0.1, 0.15) is 0 Å². The highest BCUT2D eigenvalue weighted by Crippen LogP contribution is 1.98. The lowest BCUT2D eigenvalue weighted by Crippen LogP contribution is -2.46. The van der Waals surface area contributed by atoms with Crippen LogP contribution in [0.5, 0.6) is 0 Å². The Morgan fingerprint density at radius 1 is 0.857 bits per heavy atom. The summed E-state index contributed by atoms with van der Waals surface area (Å²) < 4.78 is 0. The van der Waals surface area contributed by atoms with Crippen LogP contribution in [-0.2, 0) is 9.59 Å². The van der Waals surface area contributed by atoms with E-state index in [4.69, 9.17) is 16.9 Å².